The summed E-state index contributed by atoms with van der Waals surface area (Å²) in [5.74, 6) is -1.03. The van der Waals surface area contributed by atoms with E-state index < -0.39 is 21.4 Å². The summed E-state index contributed by atoms with van der Waals surface area (Å²) in [6.45, 7) is 3.95. The van der Waals surface area contributed by atoms with E-state index in [0.717, 1.165) is 35.4 Å². The highest BCUT2D eigenvalue weighted by Gasteiger charge is 2.20. The van der Waals surface area contributed by atoms with E-state index in [9.17, 15) is 17.6 Å². The Balaban J connectivity index is 1.59. The molecule has 0 spiro atoms. The molecule has 0 atom stereocenters. The van der Waals surface area contributed by atoms with Gasteiger partial charge in [-0.2, -0.15) is 4.98 Å². The maximum atomic E-state index is 13.0. The Hall–Kier alpha value is -3.07. The quantitative estimate of drug-likeness (QED) is 0.547. The molecule has 3 aromatic rings. The Labute approximate surface area is 174 Å². The van der Waals surface area contributed by atoms with E-state index in [-0.39, 0.29) is 35.4 Å². The molecule has 30 heavy (non-hydrogen) atoms. The molecule has 7 nitrogen and oxygen atoms in total. The number of benzene rings is 2. The summed E-state index contributed by atoms with van der Waals surface area (Å²) in [5, 5.41) is 6.59. The number of aromatic nitrogens is 2. The molecule has 0 saturated carbocycles. The standard InChI is InChI=1S/C21H22FN3O4S/c1-3-15-6-4-5-14(2)21(15)24-19(26)11-12-20-23-18(25-29-20)13-30(27,28)17-9-7-16(22)8-10-17/h4-10H,3,11-13H2,1-2H3,(H,24,26). The summed E-state index contributed by atoms with van der Waals surface area (Å²) in [5.41, 5.74) is 2.84. The van der Waals surface area contributed by atoms with E-state index >= 15 is 0 Å². The van der Waals surface area contributed by atoms with Crippen molar-refractivity contribution in [3.63, 3.8) is 0 Å². The van der Waals surface area contributed by atoms with Crippen LogP contribution in [0, 0.1) is 12.7 Å². The number of para-hydroxylation sites is 1. The van der Waals surface area contributed by atoms with Gasteiger partial charge in [0.1, 0.15) is 11.6 Å². The lowest BCUT2D eigenvalue weighted by Gasteiger charge is -2.12. The molecule has 0 aliphatic rings. The zero-order valence-corrected chi connectivity index (χ0v) is 17.5. The molecule has 9 heteroatoms. The largest absolute Gasteiger partial charge is 0.339 e. The van der Waals surface area contributed by atoms with Crippen LogP contribution >= 0.6 is 0 Å². The van der Waals surface area contributed by atoms with E-state index in [0.29, 0.717) is 0 Å². The zero-order valence-electron chi connectivity index (χ0n) is 16.7. The van der Waals surface area contributed by atoms with Crippen molar-refractivity contribution >= 4 is 21.4 Å². The van der Waals surface area contributed by atoms with Crippen LogP contribution in [-0.2, 0) is 33.2 Å². The van der Waals surface area contributed by atoms with Crippen LogP contribution in [0.1, 0.15) is 36.2 Å². The van der Waals surface area contributed by atoms with Crippen LogP contribution in [0.5, 0.6) is 0 Å². The molecule has 0 fully saturated rings. The van der Waals surface area contributed by atoms with Crippen molar-refractivity contribution in [3.05, 3.63) is 71.1 Å². The van der Waals surface area contributed by atoms with E-state index in [4.69, 9.17) is 4.52 Å². The van der Waals surface area contributed by atoms with Gasteiger partial charge in [0.25, 0.3) is 0 Å². The summed E-state index contributed by atoms with van der Waals surface area (Å²) in [4.78, 5) is 16.4. The number of anilines is 1. The van der Waals surface area contributed by atoms with Crippen LogP contribution in [0.2, 0.25) is 0 Å². The minimum absolute atomic E-state index is 0.0121. The van der Waals surface area contributed by atoms with Gasteiger partial charge >= 0.3 is 0 Å². The lowest BCUT2D eigenvalue weighted by molar-refractivity contribution is -0.116. The van der Waals surface area contributed by atoms with Gasteiger partial charge < -0.3 is 9.84 Å². The van der Waals surface area contributed by atoms with Gasteiger partial charge in [-0.05, 0) is 48.7 Å². The van der Waals surface area contributed by atoms with Gasteiger partial charge in [-0.3, -0.25) is 4.79 Å². The maximum Gasteiger partial charge on any atom is 0.227 e. The van der Waals surface area contributed by atoms with E-state index in [1.165, 1.54) is 12.1 Å². The molecule has 0 aliphatic heterocycles. The topological polar surface area (TPSA) is 102 Å². The van der Waals surface area contributed by atoms with E-state index in [1.54, 1.807) is 0 Å². The molecule has 0 unspecified atom stereocenters. The van der Waals surface area contributed by atoms with Gasteiger partial charge in [0, 0.05) is 18.5 Å². The molecule has 1 N–H and O–H groups in total. The molecule has 1 aromatic heterocycles. The van der Waals surface area contributed by atoms with Gasteiger partial charge in [0.05, 0.1) is 4.90 Å². The number of nitrogens with zero attached hydrogens (tertiary/aromatic N) is 2. The molecular formula is C21H22FN3O4S. The van der Waals surface area contributed by atoms with E-state index in [2.05, 4.69) is 15.5 Å². The van der Waals surface area contributed by atoms with Crippen LogP contribution in [0.25, 0.3) is 0 Å². The molecule has 3 rings (SSSR count). The minimum Gasteiger partial charge on any atom is -0.339 e. The Morgan fingerprint density at radius 2 is 1.90 bits per heavy atom. The summed E-state index contributed by atoms with van der Waals surface area (Å²) in [6, 6.07) is 10.4. The number of halogens is 1. The van der Waals surface area contributed by atoms with Gasteiger partial charge in [-0.15, -0.1) is 0 Å². The number of carbonyl (C=O) groups is 1. The van der Waals surface area contributed by atoms with Crippen molar-refractivity contribution in [2.75, 3.05) is 5.32 Å². The van der Waals surface area contributed by atoms with Crippen molar-refractivity contribution in [1.82, 2.24) is 10.1 Å². The van der Waals surface area contributed by atoms with Crippen molar-refractivity contribution in [3.8, 4) is 0 Å². The average molecular weight is 431 g/mol. The van der Waals surface area contributed by atoms with Crippen molar-refractivity contribution in [1.29, 1.82) is 0 Å². The number of carbonyl (C=O) groups excluding carboxylic acids is 1. The molecule has 2 aromatic carbocycles. The maximum absolute atomic E-state index is 13.0. The van der Waals surface area contributed by atoms with E-state index in [1.807, 2.05) is 32.0 Å². The fourth-order valence-electron chi connectivity index (χ4n) is 2.97. The highest BCUT2D eigenvalue weighted by molar-refractivity contribution is 7.90. The molecule has 0 aliphatic carbocycles. The van der Waals surface area contributed by atoms with Crippen molar-refractivity contribution < 1.29 is 22.1 Å². The predicted molar refractivity (Wildman–Crippen MR) is 109 cm³/mol. The first-order valence-corrected chi connectivity index (χ1v) is 11.1. The third kappa shape index (κ3) is 5.29. The summed E-state index contributed by atoms with van der Waals surface area (Å²) in [7, 11) is -3.73. The Bertz CT molecular complexity index is 1140. The van der Waals surface area contributed by atoms with Crippen LogP contribution in [0.15, 0.2) is 51.9 Å². The first-order chi connectivity index (χ1) is 14.3. The zero-order chi connectivity index (χ0) is 21.7. The summed E-state index contributed by atoms with van der Waals surface area (Å²) >= 11 is 0. The normalized spacial score (nSPS) is 11.4. The Morgan fingerprint density at radius 1 is 1.17 bits per heavy atom. The molecular weight excluding hydrogens is 409 g/mol. The highest BCUT2D eigenvalue weighted by Crippen LogP contribution is 2.21. The highest BCUT2D eigenvalue weighted by atomic mass is 32.2. The smallest absolute Gasteiger partial charge is 0.227 e. The molecule has 0 bridgehead atoms. The van der Waals surface area contributed by atoms with Gasteiger partial charge in [0.2, 0.25) is 11.8 Å². The fourth-order valence-corrected chi connectivity index (χ4v) is 4.14. The second kappa shape index (κ2) is 9.17. The number of aryl methyl sites for hydroxylation is 3. The number of nitrogens with one attached hydrogen (secondary N) is 1. The minimum atomic E-state index is -3.73. The third-order valence-corrected chi connectivity index (χ3v) is 6.20. The number of rotatable bonds is 8. The number of hydrogen-bond acceptors (Lipinski definition) is 6. The summed E-state index contributed by atoms with van der Waals surface area (Å²) < 4.78 is 42.8. The Kier molecular flexibility index (Phi) is 6.61. The molecule has 0 saturated heterocycles. The van der Waals surface area contributed by atoms with Crippen LogP contribution in [-0.4, -0.2) is 24.5 Å². The lowest BCUT2D eigenvalue weighted by Crippen LogP contribution is -2.14. The predicted octanol–water partition coefficient (Wildman–Crippen LogP) is 3.62. The number of hydrogen-bond donors (Lipinski definition) is 1. The Morgan fingerprint density at radius 3 is 2.60 bits per heavy atom. The van der Waals surface area contributed by atoms with Crippen molar-refractivity contribution in [2.24, 2.45) is 0 Å². The number of amides is 1. The fraction of sp³-hybridized carbons (Fsp3) is 0.286. The first kappa shape index (κ1) is 21.6. The van der Waals surface area contributed by atoms with Gasteiger partial charge in [-0.25, -0.2) is 12.8 Å². The third-order valence-electron chi connectivity index (χ3n) is 4.57. The molecule has 1 heterocycles. The lowest BCUT2D eigenvalue weighted by atomic mass is 10.1. The van der Waals surface area contributed by atoms with Crippen LogP contribution in [0.4, 0.5) is 10.1 Å². The summed E-state index contributed by atoms with van der Waals surface area (Å²) in [6.07, 6.45) is 1.10. The van der Waals surface area contributed by atoms with Crippen LogP contribution < -0.4 is 5.32 Å². The second-order valence-electron chi connectivity index (χ2n) is 6.83. The molecule has 0 radical (unpaired) electrons. The first-order valence-electron chi connectivity index (χ1n) is 9.46. The van der Waals surface area contributed by atoms with Gasteiger partial charge in [-0.1, -0.05) is 30.3 Å². The molecule has 1 amide bonds. The second-order valence-corrected chi connectivity index (χ2v) is 8.82. The van der Waals surface area contributed by atoms with Gasteiger partial charge in [0.15, 0.2) is 15.7 Å². The van der Waals surface area contributed by atoms with Crippen LogP contribution in [0.3, 0.4) is 0 Å². The van der Waals surface area contributed by atoms with Crippen molar-refractivity contribution in [2.45, 2.75) is 43.8 Å². The molecule has 158 valence electrons. The monoisotopic (exact) mass is 431 g/mol. The number of sulfone groups is 1. The SMILES string of the molecule is CCc1cccc(C)c1NC(=O)CCc1nc(CS(=O)(=O)c2ccc(F)cc2)no1. The average Bonchev–Trinajstić information content (AvgIpc) is 3.15.